The Balaban J connectivity index is 2.51. The number of carbonyl (C=O) groups excluding carboxylic acids is 1. The number of thioether (sulfide) groups is 1. The fourth-order valence-corrected chi connectivity index (χ4v) is 5.30. The molecule has 1 atom stereocenters. The number of carbonyl (C=O) groups is 1. The Morgan fingerprint density at radius 2 is 2.25 bits per heavy atom. The lowest BCUT2D eigenvalue weighted by Crippen LogP contribution is -2.50. The van der Waals surface area contributed by atoms with Gasteiger partial charge in [-0.1, -0.05) is 6.07 Å². The van der Waals surface area contributed by atoms with Crippen molar-refractivity contribution in [3.8, 4) is 0 Å². The van der Waals surface area contributed by atoms with E-state index in [1.807, 2.05) is 0 Å². The lowest BCUT2D eigenvalue weighted by Gasteiger charge is -2.32. The second-order valence-corrected chi connectivity index (χ2v) is 7.81. The van der Waals surface area contributed by atoms with E-state index in [1.165, 1.54) is 11.8 Å². The first-order chi connectivity index (χ1) is 11.3. The van der Waals surface area contributed by atoms with Crippen LogP contribution in [-0.4, -0.2) is 54.3 Å². The molecular weight excluding hydrogens is 363 g/mol. The molecule has 11 heteroatoms. The number of esters is 1. The van der Waals surface area contributed by atoms with Crippen LogP contribution in [0.2, 0.25) is 0 Å². The summed E-state index contributed by atoms with van der Waals surface area (Å²) in [4.78, 5) is 21.2. The van der Waals surface area contributed by atoms with Gasteiger partial charge in [-0.3, -0.25) is 14.9 Å². The third kappa shape index (κ3) is 3.52. The molecule has 1 fully saturated rings. The van der Waals surface area contributed by atoms with E-state index < -0.39 is 43.4 Å². The second kappa shape index (κ2) is 7.45. The molecule has 1 aromatic rings. The van der Waals surface area contributed by atoms with Gasteiger partial charge in [0.05, 0.1) is 11.5 Å². The summed E-state index contributed by atoms with van der Waals surface area (Å²) in [5.41, 5.74) is -1.13. The molecule has 8 nitrogen and oxygen atoms in total. The van der Waals surface area contributed by atoms with Crippen LogP contribution in [0.15, 0.2) is 23.1 Å². The average Bonchev–Trinajstić information content (AvgIpc) is 2.54. The van der Waals surface area contributed by atoms with Crippen molar-refractivity contribution in [2.45, 2.75) is 17.9 Å². The number of rotatable bonds is 5. The molecule has 1 saturated heterocycles. The van der Waals surface area contributed by atoms with Gasteiger partial charge in [0.25, 0.3) is 10.0 Å². The zero-order chi connectivity index (χ0) is 17.9. The molecule has 132 valence electrons. The van der Waals surface area contributed by atoms with Crippen LogP contribution in [0.25, 0.3) is 0 Å². The van der Waals surface area contributed by atoms with Gasteiger partial charge in [-0.15, -0.1) is 0 Å². The van der Waals surface area contributed by atoms with Crippen molar-refractivity contribution in [1.82, 2.24) is 4.31 Å². The number of halogens is 1. The summed E-state index contributed by atoms with van der Waals surface area (Å²) < 4.78 is 45.1. The van der Waals surface area contributed by atoms with Crippen LogP contribution in [0.3, 0.4) is 0 Å². The van der Waals surface area contributed by atoms with Crippen LogP contribution in [0.1, 0.15) is 6.92 Å². The number of ether oxygens (including phenoxy) is 1. The van der Waals surface area contributed by atoms with Gasteiger partial charge in [-0.2, -0.15) is 20.5 Å². The SMILES string of the molecule is CCOC(=O)[C@@H]1CSCCN1S(=O)(=O)c1cccc(F)c1[N+](=O)[O-]. The van der Waals surface area contributed by atoms with Crippen molar-refractivity contribution in [3.63, 3.8) is 0 Å². The second-order valence-electron chi connectivity index (χ2n) is 4.80. The van der Waals surface area contributed by atoms with Gasteiger partial charge in [0.2, 0.25) is 5.82 Å². The highest BCUT2D eigenvalue weighted by Crippen LogP contribution is 2.32. The molecule has 1 heterocycles. The minimum absolute atomic E-state index is 0.0237. The van der Waals surface area contributed by atoms with Gasteiger partial charge >= 0.3 is 11.7 Å². The predicted octanol–water partition coefficient (Wildman–Crippen LogP) is 1.40. The molecule has 0 aromatic heterocycles. The zero-order valence-corrected chi connectivity index (χ0v) is 14.3. The molecular formula is C13H15FN2O6S2. The Labute approximate surface area is 142 Å². The van der Waals surface area contributed by atoms with Crippen LogP contribution in [0, 0.1) is 15.9 Å². The maximum atomic E-state index is 13.8. The molecule has 0 unspecified atom stereocenters. The van der Waals surface area contributed by atoms with Gasteiger partial charge in [-0.05, 0) is 19.1 Å². The van der Waals surface area contributed by atoms with E-state index in [4.69, 9.17) is 4.74 Å². The van der Waals surface area contributed by atoms with Crippen LogP contribution in [0.4, 0.5) is 10.1 Å². The zero-order valence-electron chi connectivity index (χ0n) is 12.7. The van der Waals surface area contributed by atoms with E-state index in [9.17, 15) is 27.7 Å². The Hall–Kier alpha value is -1.72. The average molecular weight is 378 g/mol. The van der Waals surface area contributed by atoms with Gasteiger partial charge in [0, 0.05) is 18.1 Å². The molecule has 0 radical (unpaired) electrons. The first kappa shape index (κ1) is 18.6. The summed E-state index contributed by atoms with van der Waals surface area (Å²) in [6, 6.07) is 1.75. The molecule has 1 aromatic carbocycles. The number of nitro benzene ring substituents is 1. The third-order valence-corrected chi connectivity index (χ3v) is 6.32. The van der Waals surface area contributed by atoms with Crippen molar-refractivity contribution in [1.29, 1.82) is 0 Å². The highest BCUT2D eigenvalue weighted by Gasteiger charge is 2.42. The first-order valence-electron chi connectivity index (χ1n) is 6.99. The molecule has 1 aliphatic rings. The minimum atomic E-state index is -4.44. The maximum Gasteiger partial charge on any atom is 0.325 e. The van der Waals surface area contributed by atoms with Crippen LogP contribution in [0.5, 0.6) is 0 Å². The molecule has 24 heavy (non-hydrogen) atoms. The summed E-state index contributed by atoms with van der Waals surface area (Å²) in [6.45, 7) is 1.64. The molecule has 2 rings (SSSR count). The summed E-state index contributed by atoms with van der Waals surface area (Å²) in [5, 5.41) is 11.1. The molecule has 0 N–H and O–H groups in total. The Kier molecular flexibility index (Phi) is 5.78. The van der Waals surface area contributed by atoms with E-state index in [1.54, 1.807) is 6.92 Å². The number of sulfonamides is 1. The molecule has 0 aliphatic carbocycles. The van der Waals surface area contributed by atoms with Gasteiger partial charge in [0.1, 0.15) is 6.04 Å². The topological polar surface area (TPSA) is 107 Å². The van der Waals surface area contributed by atoms with E-state index in [0.717, 1.165) is 22.5 Å². The standard InChI is InChI=1S/C13H15FN2O6S2/c1-2-22-13(17)10-8-23-7-6-15(10)24(20,21)11-5-3-4-9(14)12(11)16(18)19/h3-5,10H,2,6-8H2,1H3/t10-/m0/s1. The number of para-hydroxylation sites is 1. The lowest BCUT2D eigenvalue weighted by atomic mass is 10.3. The van der Waals surface area contributed by atoms with Gasteiger partial charge in [0.15, 0.2) is 4.90 Å². The molecule has 1 aliphatic heterocycles. The Morgan fingerprint density at radius 3 is 2.88 bits per heavy atom. The van der Waals surface area contributed by atoms with Crippen molar-refractivity contribution < 1.29 is 27.3 Å². The first-order valence-corrected chi connectivity index (χ1v) is 9.59. The fourth-order valence-electron chi connectivity index (χ4n) is 2.31. The van der Waals surface area contributed by atoms with Crippen LogP contribution in [-0.2, 0) is 19.6 Å². The predicted molar refractivity (Wildman–Crippen MR) is 84.7 cm³/mol. The highest BCUT2D eigenvalue weighted by atomic mass is 32.2. The largest absolute Gasteiger partial charge is 0.465 e. The van der Waals surface area contributed by atoms with E-state index in [-0.39, 0.29) is 18.9 Å². The van der Waals surface area contributed by atoms with Gasteiger partial charge < -0.3 is 4.74 Å². The van der Waals surface area contributed by atoms with Crippen LogP contribution < -0.4 is 0 Å². The fraction of sp³-hybridized carbons (Fsp3) is 0.462. The van der Waals surface area contributed by atoms with E-state index in [2.05, 4.69) is 0 Å². The van der Waals surface area contributed by atoms with Crippen molar-refractivity contribution >= 4 is 33.4 Å². The van der Waals surface area contributed by atoms with Gasteiger partial charge in [-0.25, -0.2) is 8.42 Å². The molecule has 0 bridgehead atoms. The highest BCUT2D eigenvalue weighted by molar-refractivity contribution is 7.99. The van der Waals surface area contributed by atoms with E-state index in [0.29, 0.717) is 5.75 Å². The summed E-state index contributed by atoms with van der Waals surface area (Å²) in [5.74, 6) is -1.40. The van der Waals surface area contributed by atoms with E-state index >= 15 is 0 Å². The lowest BCUT2D eigenvalue weighted by molar-refractivity contribution is -0.390. The molecule has 0 amide bonds. The molecule has 0 saturated carbocycles. The number of benzene rings is 1. The Morgan fingerprint density at radius 1 is 1.54 bits per heavy atom. The van der Waals surface area contributed by atoms with Crippen molar-refractivity contribution in [2.24, 2.45) is 0 Å². The minimum Gasteiger partial charge on any atom is -0.465 e. The van der Waals surface area contributed by atoms with Crippen LogP contribution >= 0.6 is 11.8 Å². The number of hydrogen-bond acceptors (Lipinski definition) is 7. The Bertz CT molecular complexity index is 755. The quantitative estimate of drug-likeness (QED) is 0.433. The third-order valence-electron chi connectivity index (χ3n) is 3.36. The summed E-state index contributed by atoms with van der Waals surface area (Å²) >= 11 is 1.37. The monoisotopic (exact) mass is 378 g/mol. The van der Waals surface area contributed by atoms with Crippen molar-refractivity contribution in [3.05, 3.63) is 34.1 Å². The number of nitrogens with zero attached hydrogens (tertiary/aromatic N) is 2. The van der Waals surface area contributed by atoms with Crippen molar-refractivity contribution in [2.75, 3.05) is 24.7 Å². The summed E-state index contributed by atoms with van der Waals surface area (Å²) in [6.07, 6.45) is 0. The number of nitro groups is 1. The smallest absolute Gasteiger partial charge is 0.325 e. The molecule has 0 spiro atoms. The normalized spacial score (nSPS) is 19.0. The maximum absolute atomic E-state index is 13.8. The number of hydrogen-bond donors (Lipinski definition) is 0. The summed E-state index contributed by atoms with van der Waals surface area (Å²) in [7, 11) is -4.44.